The monoisotopic (exact) mass is 416 g/mol. The standard InChI is InChI=1S/C19H20N4O3S2/c1-4-8-23-18(25)15-12-6-5-7-13(12)28-17(15)21-19(23)27-11(3)16(24)20-14-9-10(2)26-22-14/h4,9,11H,1,5-8H2,2-3H3,(H,20,22,24)/t11-/m0/s1. The molecular weight excluding hydrogens is 396 g/mol. The molecule has 1 aliphatic carbocycles. The fourth-order valence-electron chi connectivity index (χ4n) is 3.30. The molecule has 0 aliphatic heterocycles. The van der Waals surface area contributed by atoms with Crippen molar-refractivity contribution in [3.05, 3.63) is 45.3 Å². The van der Waals surface area contributed by atoms with Crippen LogP contribution in [0.1, 0.15) is 29.5 Å². The van der Waals surface area contributed by atoms with Gasteiger partial charge in [0.15, 0.2) is 11.0 Å². The first kappa shape index (κ1) is 18.9. The number of nitrogens with zero attached hydrogens (tertiary/aromatic N) is 3. The number of rotatable bonds is 6. The number of fused-ring (bicyclic) bond motifs is 3. The largest absolute Gasteiger partial charge is 0.360 e. The highest BCUT2D eigenvalue weighted by Gasteiger charge is 2.25. The number of allylic oxidation sites excluding steroid dienone is 1. The predicted octanol–water partition coefficient (Wildman–Crippen LogP) is 3.55. The van der Waals surface area contributed by atoms with Crippen LogP contribution in [0, 0.1) is 6.92 Å². The number of aromatic nitrogens is 3. The molecule has 1 atom stereocenters. The summed E-state index contributed by atoms with van der Waals surface area (Å²) in [5.41, 5.74) is 1.10. The van der Waals surface area contributed by atoms with Crippen LogP contribution in [0.5, 0.6) is 0 Å². The summed E-state index contributed by atoms with van der Waals surface area (Å²) in [4.78, 5) is 32.4. The van der Waals surface area contributed by atoms with Gasteiger partial charge in [0.25, 0.3) is 5.56 Å². The average Bonchev–Trinajstić information content (AvgIpc) is 3.34. The second-order valence-electron chi connectivity index (χ2n) is 6.71. The molecule has 0 saturated heterocycles. The van der Waals surface area contributed by atoms with E-state index in [2.05, 4.69) is 17.1 Å². The lowest BCUT2D eigenvalue weighted by atomic mass is 10.2. The Morgan fingerprint density at radius 1 is 1.54 bits per heavy atom. The number of hydrogen-bond donors (Lipinski definition) is 1. The van der Waals surface area contributed by atoms with Crippen molar-refractivity contribution in [2.75, 3.05) is 5.32 Å². The highest BCUT2D eigenvalue weighted by Crippen LogP contribution is 2.36. The molecule has 4 rings (SSSR count). The summed E-state index contributed by atoms with van der Waals surface area (Å²) in [7, 11) is 0. The van der Waals surface area contributed by atoms with Crippen LogP contribution in [-0.4, -0.2) is 25.9 Å². The maximum absolute atomic E-state index is 13.2. The molecule has 28 heavy (non-hydrogen) atoms. The van der Waals surface area contributed by atoms with Crippen LogP contribution in [0.15, 0.2) is 33.2 Å². The Morgan fingerprint density at radius 2 is 2.36 bits per heavy atom. The third-order valence-corrected chi connectivity index (χ3v) is 6.91. The summed E-state index contributed by atoms with van der Waals surface area (Å²) in [5, 5.41) is 7.29. The number of nitrogens with one attached hydrogen (secondary N) is 1. The first-order valence-electron chi connectivity index (χ1n) is 9.04. The molecule has 146 valence electrons. The first-order valence-corrected chi connectivity index (χ1v) is 10.7. The van der Waals surface area contributed by atoms with Crippen LogP contribution >= 0.6 is 23.1 Å². The van der Waals surface area contributed by atoms with Crippen LogP contribution in [0.4, 0.5) is 5.82 Å². The van der Waals surface area contributed by atoms with E-state index < -0.39 is 5.25 Å². The second kappa shape index (κ2) is 7.56. The van der Waals surface area contributed by atoms with Gasteiger partial charge in [0.2, 0.25) is 5.91 Å². The summed E-state index contributed by atoms with van der Waals surface area (Å²) < 4.78 is 6.58. The molecule has 3 heterocycles. The zero-order valence-electron chi connectivity index (χ0n) is 15.7. The summed E-state index contributed by atoms with van der Waals surface area (Å²) in [6.45, 7) is 7.64. The van der Waals surface area contributed by atoms with Crippen molar-refractivity contribution in [1.82, 2.24) is 14.7 Å². The fourth-order valence-corrected chi connectivity index (χ4v) is 5.52. The Labute approximate surface area is 169 Å². The van der Waals surface area contributed by atoms with E-state index in [9.17, 15) is 9.59 Å². The van der Waals surface area contributed by atoms with Gasteiger partial charge in [0, 0.05) is 17.5 Å². The van der Waals surface area contributed by atoms with Crippen molar-refractivity contribution < 1.29 is 9.32 Å². The molecule has 0 unspecified atom stereocenters. The normalized spacial score (nSPS) is 14.2. The molecule has 1 aliphatic rings. The van der Waals surface area contributed by atoms with Gasteiger partial charge in [-0.3, -0.25) is 14.2 Å². The molecule has 7 nitrogen and oxygen atoms in total. The van der Waals surface area contributed by atoms with Crippen LogP contribution in [0.3, 0.4) is 0 Å². The van der Waals surface area contributed by atoms with Crippen LogP contribution in [-0.2, 0) is 24.2 Å². The Bertz CT molecular complexity index is 1130. The lowest BCUT2D eigenvalue weighted by Gasteiger charge is -2.14. The molecule has 0 radical (unpaired) electrons. The molecule has 0 spiro atoms. The zero-order chi connectivity index (χ0) is 19.8. The molecule has 3 aromatic rings. The van der Waals surface area contributed by atoms with Gasteiger partial charge in [0.05, 0.1) is 10.6 Å². The average molecular weight is 417 g/mol. The Hall–Kier alpha value is -2.39. The SMILES string of the molecule is C=CCn1c(S[C@@H](C)C(=O)Nc2cc(C)on2)nc2sc3c(c2c1=O)CCC3. The summed E-state index contributed by atoms with van der Waals surface area (Å²) in [5.74, 6) is 0.760. The maximum Gasteiger partial charge on any atom is 0.263 e. The lowest BCUT2D eigenvalue weighted by Crippen LogP contribution is -2.26. The zero-order valence-corrected chi connectivity index (χ0v) is 17.3. The van der Waals surface area contributed by atoms with Crippen molar-refractivity contribution in [3.8, 4) is 0 Å². The van der Waals surface area contributed by atoms with E-state index in [-0.39, 0.29) is 11.5 Å². The highest BCUT2D eigenvalue weighted by molar-refractivity contribution is 8.00. The Kier molecular flexibility index (Phi) is 5.11. The number of aryl methyl sites for hydroxylation is 3. The number of thioether (sulfide) groups is 1. The number of carbonyl (C=O) groups is 1. The molecule has 9 heteroatoms. The van der Waals surface area contributed by atoms with Gasteiger partial charge >= 0.3 is 0 Å². The van der Waals surface area contributed by atoms with Crippen LogP contribution in [0.2, 0.25) is 0 Å². The third kappa shape index (κ3) is 3.40. The quantitative estimate of drug-likeness (QED) is 0.375. The van der Waals surface area contributed by atoms with E-state index in [1.807, 2.05) is 0 Å². The van der Waals surface area contributed by atoms with Gasteiger partial charge < -0.3 is 9.84 Å². The topological polar surface area (TPSA) is 90.0 Å². The van der Waals surface area contributed by atoms with E-state index in [1.54, 1.807) is 41.9 Å². The number of hydrogen-bond acceptors (Lipinski definition) is 7. The van der Waals surface area contributed by atoms with Crippen molar-refractivity contribution >= 4 is 45.0 Å². The highest BCUT2D eigenvalue weighted by atomic mass is 32.2. The van der Waals surface area contributed by atoms with Gasteiger partial charge in [-0.1, -0.05) is 23.0 Å². The number of anilines is 1. The molecule has 0 saturated carbocycles. The summed E-state index contributed by atoms with van der Waals surface area (Å²) in [6, 6.07) is 1.65. The Balaban J connectivity index is 1.65. The van der Waals surface area contributed by atoms with Gasteiger partial charge in [0.1, 0.15) is 10.6 Å². The lowest BCUT2D eigenvalue weighted by molar-refractivity contribution is -0.115. The third-order valence-electron chi connectivity index (χ3n) is 4.63. The maximum atomic E-state index is 13.2. The van der Waals surface area contributed by atoms with Crippen molar-refractivity contribution in [3.63, 3.8) is 0 Å². The molecule has 1 amide bonds. The molecule has 1 N–H and O–H groups in total. The van der Waals surface area contributed by atoms with Gasteiger partial charge in [-0.25, -0.2) is 4.98 Å². The van der Waals surface area contributed by atoms with Crippen molar-refractivity contribution in [2.45, 2.75) is 50.1 Å². The van der Waals surface area contributed by atoms with Crippen molar-refractivity contribution in [2.24, 2.45) is 0 Å². The minimum atomic E-state index is -0.468. The predicted molar refractivity (Wildman–Crippen MR) is 111 cm³/mol. The minimum Gasteiger partial charge on any atom is -0.360 e. The first-order chi connectivity index (χ1) is 13.5. The smallest absolute Gasteiger partial charge is 0.263 e. The van der Waals surface area contributed by atoms with E-state index in [0.29, 0.717) is 23.3 Å². The Morgan fingerprint density at radius 3 is 3.07 bits per heavy atom. The minimum absolute atomic E-state index is 0.0495. The number of carbonyl (C=O) groups excluding carboxylic acids is 1. The molecule has 0 fully saturated rings. The summed E-state index contributed by atoms with van der Waals surface area (Å²) >= 11 is 2.85. The molecule has 0 bridgehead atoms. The summed E-state index contributed by atoms with van der Waals surface area (Å²) in [6.07, 6.45) is 4.71. The molecular formula is C19H20N4O3S2. The molecule has 0 aromatic carbocycles. The second-order valence-corrected chi connectivity index (χ2v) is 9.10. The number of thiophene rings is 1. The number of amides is 1. The van der Waals surface area contributed by atoms with E-state index in [4.69, 9.17) is 9.51 Å². The van der Waals surface area contributed by atoms with Gasteiger partial charge in [-0.2, -0.15) is 0 Å². The van der Waals surface area contributed by atoms with E-state index in [1.165, 1.54) is 16.6 Å². The van der Waals surface area contributed by atoms with Crippen LogP contribution < -0.4 is 10.9 Å². The van der Waals surface area contributed by atoms with Gasteiger partial charge in [-0.15, -0.1) is 17.9 Å². The van der Waals surface area contributed by atoms with Gasteiger partial charge in [-0.05, 0) is 38.7 Å². The van der Waals surface area contributed by atoms with E-state index >= 15 is 0 Å². The van der Waals surface area contributed by atoms with E-state index in [0.717, 1.165) is 35.0 Å². The van der Waals surface area contributed by atoms with Crippen LogP contribution in [0.25, 0.3) is 10.2 Å². The molecule has 3 aromatic heterocycles. The van der Waals surface area contributed by atoms with Crippen molar-refractivity contribution in [1.29, 1.82) is 0 Å². The fraction of sp³-hybridized carbons (Fsp3) is 0.368.